The lowest BCUT2D eigenvalue weighted by molar-refractivity contribution is 0.0698. The maximum absolute atomic E-state index is 12.0. The number of benzene rings is 1. The van der Waals surface area contributed by atoms with E-state index < -0.39 is 5.97 Å². The van der Waals surface area contributed by atoms with Gasteiger partial charge in [-0.1, -0.05) is 22.9 Å². The van der Waals surface area contributed by atoms with Crippen LogP contribution in [0.4, 0.5) is 10.5 Å². The van der Waals surface area contributed by atoms with Crippen LogP contribution < -0.4 is 5.32 Å². The minimum atomic E-state index is -1.07. The molecule has 0 aliphatic rings. The van der Waals surface area contributed by atoms with Gasteiger partial charge in [-0.15, -0.1) is 0 Å². The van der Waals surface area contributed by atoms with E-state index in [1.165, 1.54) is 6.07 Å². The maximum atomic E-state index is 12.0. The second-order valence-corrected chi connectivity index (χ2v) is 4.92. The van der Waals surface area contributed by atoms with Crippen molar-refractivity contribution in [3.63, 3.8) is 0 Å². The molecule has 0 unspecified atom stereocenters. The second kappa shape index (κ2) is 7.13. The van der Waals surface area contributed by atoms with Crippen LogP contribution in [0.5, 0.6) is 0 Å². The summed E-state index contributed by atoms with van der Waals surface area (Å²) in [5.41, 5.74) is 0.366. The summed E-state index contributed by atoms with van der Waals surface area (Å²) in [5.74, 6) is -1.07. The molecule has 0 heterocycles. The fourth-order valence-corrected chi connectivity index (χ4v) is 2.03. The summed E-state index contributed by atoms with van der Waals surface area (Å²) in [6.45, 7) is 5.08. The molecular formula is C13H17BrN2O3. The van der Waals surface area contributed by atoms with Crippen molar-refractivity contribution in [3.8, 4) is 0 Å². The molecule has 1 aromatic rings. The van der Waals surface area contributed by atoms with Crippen molar-refractivity contribution in [2.24, 2.45) is 0 Å². The first-order valence-corrected chi connectivity index (χ1v) is 6.87. The maximum Gasteiger partial charge on any atom is 0.337 e. The molecule has 104 valence electrons. The van der Waals surface area contributed by atoms with Gasteiger partial charge in [-0.05, 0) is 31.5 Å². The molecule has 0 aliphatic carbocycles. The first-order valence-electron chi connectivity index (χ1n) is 6.08. The highest BCUT2D eigenvalue weighted by atomic mass is 79.9. The largest absolute Gasteiger partial charge is 0.478 e. The molecule has 1 rings (SSSR count). The number of urea groups is 1. The molecule has 0 fully saturated rings. The number of halogens is 1. The van der Waals surface area contributed by atoms with Crippen LogP contribution in [-0.2, 0) is 0 Å². The van der Waals surface area contributed by atoms with E-state index in [4.69, 9.17) is 5.11 Å². The molecule has 0 saturated carbocycles. The smallest absolute Gasteiger partial charge is 0.337 e. The molecule has 19 heavy (non-hydrogen) atoms. The van der Waals surface area contributed by atoms with Gasteiger partial charge in [0.2, 0.25) is 0 Å². The van der Waals surface area contributed by atoms with Crippen LogP contribution >= 0.6 is 15.9 Å². The lowest BCUT2D eigenvalue weighted by atomic mass is 10.2. The first kappa shape index (κ1) is 15.5. The van der Waals surface area contributed by atoms with Gasteiger partial charge in [-0.25, -0.2) is 9.59 Å². The predicted molar refractivity (Wildman–Crippen MR) is 77.7 cm³/mol. The molecule has 1 aromatic carbocycles. The third kappa shape index (κ3) is 4.24. The Balaban J connectivity index is 2.94. The van der Waals surface area contributed by atoms with Crippen LogP contribution in [0.1, 0.15) is 30.6 Å². The van der Waals surface area contributed by atoms with Gasteiger partial charge < -0.3 is 15.3 Å². The Hall–Kier alpha value is -1.56. The van der Waals surface area contributed by atoms with E-state index in [2.05, 4.69) is 21.2 Å². The van der Waals surface area contributed by atoms with Crippen LogP contribution in [0.15, 0.2) is 22.7 Å². The van der Waals surface area contributed by atoms with Crippen LogP contribution in [0.25, 0.3) is 0 Å². The number of hydrogen-bond donors (Lipinski definition) is 2. The van der Waals surface area contributed by atoms with E-state index in [1.54, 1.807) is 17.0 Å². The van der Waals surface area contributed by atoms with Crippen molar-refractivity contribution >= 4 is 33.6 Å². The normalized spacial score (nSPS) is 10.1. The second-order valence-electron chi connectivity index (χ2n) is 4.00. The Morgan fingerprint density at radius 2 is 2.05 bits per heavy atom. The van der Waals surface area contributed by atoms with Crippen LogP contribution in [0, 0.1) is 0 Å². The van der Waals surface area contributed by atoms with Crippen molar-refractivity contribution < 1.29 is 14.7 Å². The van der Waals surface area contributed by atoms with Gasteiger partial charge in [0.15, 0.2) is 0 Å². The average Bonchev–Trinajstić information content (AvgIpc) is 2.35. The lowest BCUT2D eigenvalue weighted by Gasteiger charge is -2.21. The van der Waals surface area contributed by atoms with Gasteiger partial charge in [-0.2, -0.15) is 0 Å². The van der Waals surface area contributed by atoms with Gasteiger partial charge in [0.1, 0.15) is 0 Å². The van der Waals surface area contributed by atoms with Crippen molar-refractivity contribution in [1.29, 1.82) is 0 Å². The Bertz CT molecular complexity index is 477. The van der Waals surface area contributed by atoms with Crippen LogP contribution in [0.2, 0.25) is 0 Å². The molecule has 2 N–H and O–H groups in total. The van der Waals surface area contributed by atoms with Gasteiger partial charge in [0.25, 0.3) is 0 Å². The third-order valence-corrected chi connectivity index (χ3v) is 3.11. The number of nitrogens with one attached hydrogen (secondary N) is 1. The fraction of sp³-hybridized carbons (Fsp3) is 0.385. The molecule has 0 bridgehead atoms. The Morgan fingerprint density at radius 3 is 2.58 bits per heavy atom. The lowest BCUT2D eigenvalue weighted by Crippen LogP contribution is -2.35. The van der Waals surface area contributed by atoms with Crippen molar-refractivity contribution in [3.05, 3.63) is 28.2 Å². The zero-order chi connectivity index (χ0) is 14.4. The van der Waals surface area contributed by atoms with Gasteiger partial charge in [0, 0.05) is 17.6 Å². The Labute approximate surface area is 120 Å². The molecule has 0 saturated heterocycles. The van der Waals surface area contributed by atoms with Gasteiger partial charge >= 0.3 is 12.0 Å². The Morgan fingerprint density at radius 1 is 1.37 bits per heavy atom. The molecule has 6 heteroatoms. The Kier molecular flexibility index (Phi) is 5.82. The van der Waals surface area contributed by atoms with E-state index in [0.29, 0.717) is 23.2 Å². The van der Waals surface area contributed by atoms with Gasteiger partial charge in [0.05, 0.1) is 11.3 Å². The number of nitrogens with zero attached hydrogens (tertiary/aromatic N) is 1. The SMILES string of the molecule is CCCN(CC)C(=O)Nc1cc(Br)ccc1C(=O)O. The third-order valence-electron chi connectivity index (χ3n) is 2.62. The van der Waals surface area contributed by atoms with E-state index in [9.17, 15) is 9.59 Å². The molecule has 0 aromatic heterocycles. The number of rotatable bonds is 5. The quantitative estimate of drug-likeness (QED) is 0.870. The number of carbonyl (C=O) groups is 2. The number of carboxylic acids is 1. The summed E-state index contributed by atoms with van der Waals surface area (Å²) in [7, 11) is 0. The summed E-state index contributed by atoms with van der Waals surface area (Å²) < 4.78 is 0.714. The van der Waals surface area contributed by atoms with Crippen LogP contribution in [0.3, 0.4) is 0 Å². The van der Waals surface area contributed by atoms with E-state index in [1.807, 2.05) is 13.8 Å². The topological polar surface area (TPSA) is 69.6 Å². The number of carboxylic acid groups (broad SMARTS) is 1. The number of aromatic carboxylic acids is 1. The molecule has 0 aliphatic heterocycles. The molecule has 2 amide bonds. The van der Waals surface area contributed by atoms with E-state index in [-0.39, 0.29) is 11.6 Å². The zero-order valence-corrected chi connectivity index (χ0v) is 12.5. The highest BCUT2D eigenvalue weighted by Gasteiger charge is 2.16. The monoisotopic (exact) mass is 328 g/mol. The van der Waals surface area contributed by atoms with Crippen molar-refractivity contribution in [2.75, 3.05) is 18.4 Å². The predicted octanol–water partition coefficient (Wildman–Crippen LogP) is 3.41. The molecule has 0 atom stereocenters. The van der Waals surface area contributed by atoms with E-state index >= 15 is 0 Å². The van der Waals surface area contributed by atoms with Crippen molar-refractivity contribution in [2.45, 2.75) is 20.3 Å². The molecule has 0 spiro atoms. The summed E-state index contributed by atoms with van der Waals surface area (Å²) in [5, 5.41) is 11.7. The summed E-state index contributed by atoms with van der Waals surface area (Å²) >= 11 is 3.26. The van der Waals surface area contributed by atoms with Crippen LogP contribution in [-0.4, -0.2) is 35.1 Å². The van der Waals surface area contributed by atoms with Crippen molar-refractivity contribution in [1.82, 2.24) is 4.90 Å². The summed E-state index contributed by atoms with van der Waals surface area (Å²) in [6.07, 6.45) is 0.853. The zero-order valence-electron chi connectivity index (χ0n) is 10.9. The highest BCUT2D eigenvalue weighted by Crippen LogP contribution is 2.22. The summed E-state index contributed by atoms with van der Waals surface area (Å²) in [6, 6.07) is 4.38. The van der Waals surface area contributed by atoms with Gasteiger partial charge in [-0.3, -0.25) is 0 Å². The van der Waals surface area contributed by atoms with E-state index in [0.717, 1.165) is 6.42 Å². The fourth-order valence-electron chi connectivity index (χ4n) is 1.67. The minimum Gasteiger partial charge on any atom is -0.478 e. The molecule has 0 radical (unpaired) electrons. The number of anilines is 1. The average molecular weight is 329 g/mol. The number of hydrogen-bond acceptors (Lipinski definition) is 2. The first-order chi connectivity index (χ1) is 8.99. The minimum absolute atomic E-state index is 0.0732. The molecular weight excluding hydrogens is 312 g/mol. The summed E-state index contributed by atoms with van der Waals surface area (Å²) in [4.78, 5) is 24.8. The molecule has 5 nitrogen and oxygen atoms in total. The standard InChI is InChI=1S/C13H17BrN2O3/c1-3-7-16(4-2)13(19)15-11-8-9(14)5-6-10(11)12(17)18/h5-6,8H,3-4,7H2,1-2H3,(H,15,19)(H,17,18). The number of amides is 2. The highest BCUT2D eigenvalue weighted by molar-refractivity contribution is 9.10. The number of carbonyl (C=O) groups excluding carboxylic acids is 1.